The number of carbonyl (C=O) groups is 1. The maximum atomic E-state index is 13.0. The van der Waals surface area contributed by atoms with E-state index in [0.717, 1.165) is 18.8 Å². The van der Waals surface area contributed by atoms with Gasteiger partial charge in [-0.15, -0.1) is 0 Å². The number of amides is 1. The Morgan fingerprint density at radius 2 is 1.68 bits per heavy atom. The minimum Gasteiger partial charge on any atom is -0.381 e. The number of halogens is 1. The minimum atomic E-state index is -0.768. The maximum absolute atomic E-state index is 13.0. The average Bonchev–Trinajstić information content (AvgIpc) is 2.56. The van der Waals surface area contributed by atoms with Gasteiger partial charge in [0.1, 0.15) is 5.82 Å². The van der Waals surface area contributed by atoms with Gasteiger partial charge < -0.3 is 20.3 Å². The first-order valence-electron chi connectivity index (χ1n) is 7.75. The van der Waals surface area contributed by atoms with Gasteiger partial charge in [0.2, 0.25) is 5.91 Å². The van der Waals surface area contributed by atoms with E-state index in [2.05, 4.69) is 4.90 Å². The summed E-state index contributed by atoms with van der Waals surface area (Å²) in [5.74, 6) is -0.197. The highest BCUT2D eigenvalue weighted by Crippen LogP contribution is 2.23. The molecule has 1 aromatic rings. The molecule has 0 atom stereocenters. The van der Waals surface area contributed by atoms with E-state index in [4.69, 9.17) is 10.5 Å². The second-order valence-electron chi connectivity index (χ2n) is 6.02. The smallest absolute Gasteiger partial charge is 0.242 e. The van der Waals surface area contributed by atoms with Gasteiger partial charge in [0, 0.05) is 45.1 Å². The lowest BCUT2D eigenvalue weighted by atomic mass is 9.89. The molecule has 22 heavy (non-hydrogen) atoms. The third-order valence-corrected chi connectivity index (χ3v) is 4.57. The number of nitrogens with zero attached hydrogens (tertiary/aromatic N) is 2. The van der Waals surface area contributed by atoms with Crippen molar-refractivity contribution < 1.29 is 13.9 Å². The van der Waals surface area contributed by atoms with Crippen molar-refractivity contribution in [2.24, 2.45) is 5.73 Å². The van der Waals surface area contributed by atoms with Crippen LogP contribution in [0.1, 0.15) is 12.8 Å². The van der Waals surface area contributed by atoms with E-state index in [1.807, 2.05) is 4.90 Å². The first-order valence-corrected chi connectivity index (χ1v) is 7.75. The number of rotatable bonds is 2. The molecule has 0 saturated carbocycles. The Kier molecular flexibility index (Phi) is 4.31. The maximum Gasteiger partial charge on any atom is 0.242 e. The van der Waals surface area contributed by atoms with Gasteiger partial charge in [-0.3, -0.25) is 4.79 Å². The van der Waals surface area contributed by atoms with Gasteiger partial charge in [-0.2, -0.15) is 0 Å². The summed E-state index contributed by atoms with van der Waals surface area (Å²) in [7, 11) is 0. The third kappa shape index (κ3) is 3.08. The van der Waals surface area contributed by atoms with E-state index in [1.54, 1.807) is 12.1 Å². The molecule has 0 unspecified atom stereocenters. The summed E-state index contributed by atoms with van der Waals surface area (Å²) < 4.78 is 18.3. The molecule has 0 aromatic heterocycles. The van der Waals surface area contributed by atoms with E-state index >= 15 is 0 Å². The Labute approximate surface area is 129 Å². The van der Waals surface area contributed by atoms with Gasteiger partial charge in [-0.1, -0.05) is 0 Å². The van der Waals surface area contributed by atoms with Gasteiger partial charge in [0.15, 0.2) is 0 Å². The van der Waals surface area contributed by atoms with E-state index in [1.165, 1.54) is 12.1 Å². The standard InChI is InChI=1S/C16H22FN3O2/c17-13-1-3-14(4-2-13)19-7-9-20(10-8-19)15(21)16(18)5-11-22-12-6-16/h1-4H,5-12,18H2. The molecule has 1 amide bonds. The molecule has 0 spiro atoms. The number of anilines is 1. The second-order valence-corrected chi connectivity index (χ2v) is 6.02. The summed E-state index contributed by atoms with van der Waals surface area (Å²) in [4.78, 5) is 16.7. The lowest BCUT2D eigenvalue weighted by Crippen LogP contribution is -2.61. The largest absolute Gasteiger partial charge is 0.381 e. The van der Waals surface area contributed by atoms with E-state index in [0.29, 0.717) is 39.1 Å². The molecule has 2 heterocycles. The van der Waals surface area contributed by atoms with Crippen LogP contribution in [-0.2, 0) is 9.53 Å². The highest BCUT2D eigenvalue weighted by molar-refractivity contribution is 5.86. The van der Waals surface area contributed by atoms with Gasteiger partial charge >= 0.3 is 0 Å². The molecule has 6 heteroatoms. The van der Waals surface area contributed by atoms with Gasteiger partial charge in [-0.25, -0.2) is 4.39 Å². The normalized spacial score (nSPS) is 21.7. The van der Waals surface area contributed by atoms with Crippen LogP contribution in [0.3, 0.4) is 0 Å². The van der Waals surface area contributed by atoms with Crippen LogP contribution in [0.4, 0.5) is 10.1 Å². The van der Waals surface area contributed by atoms with Crippen LogP contribution in [0.2, 0.25) is 0 Å². The number of benzene rings is 1. The highest BCUT2D eigenvalue weighted by Gasteiger charge is 2.39. The summed E-state index contributed by atoms with van der Waals surface area (Å²) in [5.41, 5.74) is 6.49. The van der Waals surface area contributed by atoms with Crippen molar-refractivity contribution in [3.63, 3.8) is 0 Å². The van der Waals surface area contributed by atoms with Crippen LogP contribution in [0.5, 0.6) is 0 Å². The molecule has 2 N–H and O–H groups in total. The fourth-order valence-corrected chi connectivity index (χ4v) is 3.08. The zero-order valence-corrected chi connectivity index (χ0v) is 12.6. The zero-order chi connectivity index (χ0) is 15.6. The molecule has 2 aliphatic heterocycles. The summed E-state index contributed by atoms with van der Waals surface area (Å²) in [6.07, 6.45) is 1.17. The molecule has 2 saturated heterocycles. The summed E-state index contributed by atoms with van der Waals surface area (Å²) in [5, 5.41) is 0. The molecule has 5 nitrogen and oxygen atoms in total. The van der Waals surface area contributed by atoms with Crippen LogP contribution in [0, 0.1) is 5.82 Å². The van der Waals surface area contributed by atoms with Crippen molar-refractivity contribution in [2.45, 2.75) is 18.4 Å². The van der Waals surface area contributed by atoms with E-state index < -0.39 is 5.54 Å². The van der Waals surface area contributed by atoms with Crippen LogP contribution in [0.15, 0.2) is 24.3 Å². The van der Waals surface area contributed by atoms with Crippen LogP contribution in [0.25, 0.3) is 0 Å². The molecule has 0 aliphatic carbocycles. The molecule has 2 aliphatic rings. The average molecular weight is 307 g/mol. The summed E-state index contributed by atoms with van der Waals surface area (Å²) in [6.45, 7) is 3.88. The Hall–Kier alpha value is -1.66. The van der Waals surface area contributed by atoms with Crippen molar-refractivity contribution in [1.82, 2.24) is 4.90 Å². The minimum absolute atomic E-state index is 0.0366. The first kappa shape index (κ1) is 15.2. The number of ether oxygens (including phenoxy) is 1. The van der Waals surface area contributed by atoms with Gasteiger partial charge in [0.05, 0.1) is 5.54 Å². The lowest BCUT2D eigenvalue weighted by molar-refractivity contribution is -0.140. The molecular weight excluding hydrogens is 285 g/mol. The number of nitrogens with two attached hydrogens (primary N) is 1. The van der Waals surface area contributed by atoms with E-state index in [9.17, 15) is 9.18 Å². The molecule has 3 rings (SSSR count). The third-order valence-electron chi connectivity index (χ3n) is 4.57. The van der Waals surface area contributed by atoms with Crippen molar-refractivity contribution in [2.75, 3.05) is 44.3 Å². The van der Waals surface area contributed by atoms with Crippen molar-refractivity contribution in [1.29, 1.82) is 0 Å². The molecule has 2 fully saturated rings. The molecular formula is C16H22FN3O2. The quantitative estimate of drug-likeness (QED) is 0.885. The van der Waals surface area contributed by atoms with Crippen molar-refractivity contribution >= 4 is 11.6 Å². The molecule has 0 radical (unpaired) electrons. The number of piperazine rings is 1. The SMILES string of the molecule is NC1(C(=O)N2CCN(c3ccc(F)cc3)CC2)CCOCC1. The van der Waals surface area contributed by atoms with Crippen molar-refractivity contribution in [3.8, 4) is 0 Å². The Bertz CT molecular complexity index is 521. The van der Waals surface area contributed by atoms with Gasteiger partial charge in [-0.05, 0) is 37.1 Å². The monoisotopic (exact) mass is 307 g/mol. The van der Waals surface area contributed by atoms with Crippen LogP contribution >= 0.6 is 0 Å². The Morgan fingerprint density at radius 1 is 1.09 bits per heavy atom. The number of hydrogen-bond donors (Lipinski definition) is 1. The predicted octanol–water partition coefficient (Wildman–Crippen LogP) is 0.982. The van der Waals surface area contributed by atoms with Gasteiger partial charge in [0.25, 0.3) is 0 Å². The zero-order valence-electron chi connectivity index (χ0n) is 12.6. The predicted molar refractivity (Wildman–Crippen MR) is 82.2 cm³/mol. The van der Waals surface area contributed by atoms with Crippen LogP contribution < -0.4 is 10.6 Å². The van der Waals surface area contributed by atoms with Crippen LogP contribution in [-0.4, -0.2) is 55.7 Å². The Balaban J connectivity index is 1.59. The summed E-state index contributed by atoms with van der Waals surface area (Å²) >= 11 is 0. The lowest BCUT2D eigenvalue weighted by Gasteiger charge is -2.41. The Morgan fingerprint density at radius 3 is 2.27 bits per heavy atom. The summed E-state index contributed by atoms with van der Waals surface area (Å²) in [6, 6.07) is 6.47. The topological polar surface area (TPSA) is 58.8 Å². The molecule has 0 bridgehead atoms. The van der Waals surface area contributed by atoms with Crippen molar-refractivity contribution in [3.05, 3.63) is 30.1 Å². The van der Waals surface area contributed by atoms with E-state index in [-0.39, 0.29) is 11.7 Å². The molecule has 1 aromatic carbocycles. The first-order chi connectivity index (χ1) is 10.6. The highest BCUT2D eigenvalue weighted by atomic mass is 19.1. The second kappa shape index (κ2) is 6.22. The molecule has 120 valence electrons. The fourth-order valence-electron chi connectivity index (χ4n) is 3.08. The number of hydrogen-bond acceptors (Lipinski definition) is 4. The fraction of sp³-hybridized carbons (Fsp3) is 0.562. The number of carbonyl (C=O) groups excluding carboxylic acids is 1.